The van der Waals surface area contributed by atoms with E-state index in [1.807, 2.05) is 41.5 Å². The van der Waals surface area contributed by atoms with Crippen LogP contribution in [0.4, 0.5) is 9.59 Å². The average Bonchev–Trinajstić information content (AvgIpc) is 2.80. The summed E-state index contributed by atoms with van der Waals surface area (Å²) in [6, 6.07) is -1.02. The van der Waals surface area contributed by atoms with Gasteiger partial charge in [0.2, 0.25) is 0 Å². The molecule has 37 heavy (non-hydrogen) atoms. The summed E-state index contributed by atoms with van der Waals surface area (Å²) in [5.41, 5.74) is -1.12. The van der Waals surface area contributed by atoms with Gasteiger partial charge in [-0.1, -0.05) is 20.3 Å². The molecule has 0 aliphatic carbocycles. The third kappa shape index (κ3) is 10.8. The highest BCUT2D eigenvalue weighted by Gasteiger charge is 2.39. The van der Waals surface area contributed by atoms with Crippen LogP contribution in [0.25, 0.3) is 0 Å². The molecule has 0 aromatic heterocycles. The van der Waals surface area contributed by atoms with Crippen molar-refractivity contribution in [3.63, 3.8) is 0 Å². The van der Waals surface area contributed by atoms with Crippen molar-refractivity contribution >= 4 is 24.1 Å². The van der Waals surface area contributed by atoms with Gasteiger partial charge >= 0.3 is 24.1 Å². The minimum absolute atomic E-state index is 0.361. The van der Waals surface area contributed by atoms with Gasteiger partial charge in [-0.2, -0.15) is 0 Å². The number of hydrogen-bond donors (Lipinski definition) is 0. The number of ether oxygens (including phenoxy) is 4. The van der Waals surface area contributed by atoms with E-state index in [1.54, 1.807) is 0 Å². The molecule has 0 aromatic carbocycles. The summed E-state index contributed by atoms with van der Waals surface area (Å²) >= 11 is 0. The normalized spacial score (nSPS) is 24.3. The number of carbonyl (C=O) groups excluding carboxylic acids is 4. The Morgan fingerprint density at radius 1 is 0.703 bits per heavy atom. The van der Waals surface area contributed by atoms with Crippen LogP contribution < -0.4 is 0 Å². The van der Waals surface area contributed by atoms with Gasteiger partial charge < -0.3 is 18.9 Å². The van der Waals surface area contributed by atoms with Crippen molar-refractivity contribution in [2.75, 3.05) is 27.3 Å². The van der Waals surface area contributed by atoms with Crippen molar-refractivity contribution in [1.29, 1.82) is 0 Å². The predicted octanol–water partition coefficient (Wildman–Crippen LogP) is 4.78. The minimum atomic E-state index is -0.559. The van der Waals surface area contributed by atoms with E-state index < -0.39 is 35.5 Å². The first-order chi connectivity index (χ1) is 17.0. The van der Waals surface area contributed by atoms with Gasteiger partial charge in [-0.05, 0) is 79.1 Å². The van der Waals surface area contributed by atoms with Crippen LogP contribution in [-0.2, 0) is 28.5 Å². The van der Waals surface area contributed by atoms with Gasteiger partial charge in [0.25, 0.3) is 0 Å². The van der Waals surface area contributed by atoms with E-state index in [9.17, 15) is 19.2 Å². The molecule has 2 aliphatic rings. The number of carbonyl (C=O) groups is 4. The fourth-order valence-corrected chi connectivity index (χ4v) is 4.34. The maximum Gasteiger partial charge on any atom is 0.411 e. The molecule has 2 heterocycles. The zero-order valence-electron chi connectivity index (χ0n) is 24.4. The molecule has 214 valence electrons. The van der Waals surface area contributed by atoms with E-state index in [0.29, 0.717) is 37.8 Å². The highest BCUT2D eigenvalue weighted by atomic mass is 16.6. The smallest absolute Gasteiger partial charge is 0.411 e. The lowest BCUT2D eigenvalue weighted by atomic mass is 9.91. The number of rotatable bonds is 3. The maximum absolute atomic E-state index is 12.2. The fraction of sp³-hybridized carbons (Fsp3) is 0.852. The molecule has 0 bridgehead atoms. The van der Waals surface area contributed by atoms with Gasteiger partial charge in [-0.3, -0.25) is 9.80 Å². The molecule has 10 nitrogen and oxygen atoms in total. The number of nitrogens with zero attached hydrogens (tertiary/aromatic N) is 2. The zero-order valence-corrected chi connectivity index (χ0v) is 24.4. The molecular formula is C27H48N2O8. The van der Waals surface area contributed by atoms with Gasteiger partial charge in [0.05, 0.1) is 14.2 Å². The molecular weight excluding hydrogens is 480 g/mol. The average molecular weight is 529 g/mol. The summed E-state index contributed by atoms with van der Waals surface area (Å²) in [6.07, 6.45) is 3.25. The largest absolute Gasteiger partial charge is 0.467 e. The molecule has 0 N–H and O–H groups in total. The summed E-state index contributed by atoms with van der Waals surface area (Å²) in [7, 11) is 2.69. The molecule has 2 amide bonds. The van der Waals surface area contributed by atoms with E-state index in [-0.39, 0.29) is 11.9 Å². The fourth-order valence-electron chi connectivity index (χ4n) is 4.34. The molecule has 0 unspecified atom stereocenters. The first-order valence-corrected chi connectivity index (χ1v) is 13.2. The molecule has 0 saturated carbocycles. The number of esters is 2. The topological polar surface area (TPSA) is 112 Å². The van der Waals surface area contributed by atoms with Crippen molar-refractivity contribution < 1.29 is 38.1 Å². The molecule has 2 saturated heterocycles. The van der Waals surface area contributed by atoms with Gasteiger partial charge in [-0.25, -0.2) is 19.2 Å². The van der Waals surface area contributed by atoms with Crippen LogP contribution in [0.5, 0.6) is 0 Å². The Morgan fingerprint density at radius 3 is 1.49 bits per heavy atom. The van der Waals surface area contributed by atoms with Gasteiger partial charge in [0.15, 0.2) is 0 Å². The summed E-state index contributed by atoms with van der Waals surface area (Å²) in [6.45, 7) is 16.1. The highest BCUT2D eigenvalue weighted by molar-refractivity contribution is 5.82. The second kappa shape index (κ2) is 13.9. The monoisotopic (exact) mass is 528 g/mol. The number of methoxy groups -OCH3 is 2. The molecule has 2 aliphatic heterocycles. The van der Waals surface area contributed by atoms with Crippen LogP contribution in [-0.4, -0.2) is 84.5 Å². The lowest BCUT2D eigenvalue weighted by Gasteiger charge is -2.38. The van der Waals surface area contributed by atoms with Gasteiger partial charge in [0.1, 0.15) is 23.3 Å². The minimum Gasteiger partial charge on any atom is -0.467 e. The van der Waals surface area contributed by atoms with Crippen molar-refractivity contribution in [2.45, 2.75) is 111 Å². The second-order valence-corrected chi connectivity index (χ2v) is 11.9. The van der Waals surface area contributed by atoms with Crippen molar-refractivity contribution in [2.24, 2.45) is 11.8 Å². The number of likely N-dealkylation sites (tertiary alicyclic amines) is 2. The standard InChI is InChI=1S/C14H25NO4.C13H23NO4/c1-6-10-7-8-11(12(16)18-5)15(9-10)13(17)19-14(2,3)4;1-9-6-7-10(11(15)17-5)14(8-9)12(16)18-13(2,3)4/h10-11H,6-9H2,1-5H3;9-10H,6-8H2,1-5H3/t10-,11+;9-,10-/m10/s1. The zero-order chi connectivity index (χ0) is 28.6. The van der Waals surface area contributed by atoms with E-state index in [1.165, 1.54) is 24.0 Å². The van der Waals surface area contributed by atoms with Crippen LogP contribution in [0.15, 0.2) is 0 Å². The Morgan fingerprint density at radius 2 is 1.11 bits per heavy atom. The summed E-state index contributed by atoms with van der Waals surface area (Å²) in [5, 5.41) is 0. The summed E-state index contributed by atoms with van der Waals surface area (Å²) in [5.74, 6) is 0.0695. The van der Waals surface area contributed by atoms with Crippen LogP contribution in [0.1, 0.15) is 87.5 Å². The third-order valence-corrected chi connectivity index (χ3v) is 6.28. The Hall–Kier alpha value is -2.52. The van der Waals surface area contributed by atoms with E-state index in [2.05, 4.69) is 13.8 Å². The Balaban J connectivity index is 0.000000371. The molecule has 10 heteroatoms. The number of piperidine rings is 2. The second-order valence-electron chi connectivity index (χ2n) is 11.9. The molecule has 4 atom stereocenters. The number of amides is 2. The summed E-state index contributed by atoms with van der Waals surface area (Å²) < 4.78 is 20.2. The lowest BCUT2D eigenvalue weighted by Crippen LogP contribution is -2.52. The number of hydrogen-bond acceptors (Lipinski definition) is 8. The Kier molecular flexibility index (Phi) is 12.2. The Bertz CT molecular complexity index is 786. The van der Waals surface area contributed by atoms with Crippen molar-refractivity contribution in [1.82, 2.24) is 9.80 Å². The highest BCUT2D eigenvalue weighted by Crippen LogP contribution is 2.27. The van der Waals surface area contributed by atoms with E-state index in [4.69, 9.17) is 18.9 Å². The van der Waals surface area contributed by atoms with Crippen LogP contribution in [0, 0.1) is 11.8 Å². The quantitative estimate of drug-likeness (QED) is 0.380. The van der Waals surface area contributed by atoms with Crippen LogP contribution in [0.2, 0.25) is 0 Å². The molecule has 0 radical (unpaired) electrons. The van der Waals surface area contributed by atoms with E-state index >= 15 is 0 Å². The van der Waals surface area contributed by atoms with Crippen LogP contribution >= 0.6 is 0 Å². The summed E-state index contributed by atoms with van der Waals surface area (Å²) in [4.78, 5) is 50.8. The van der Waals surface area contributed by atoms with E-state index in [0.717, 1.165) is 19.3 Å². The van der Waals surface area contributed by atoms with Crippen LogP contribution in [0.3, 0.4) is 0 Å². The lowest BCUT2D eigenvalue weighted by molar-refractivity contribution is -0.149. The molecule has 2 rings (SSSR count). The maximum atomic E-state index is 12.2. The van der Waals surface area contributed by atoms with Gasteiger partial charge in [-0.15, -0.1) is 0 Å². The van der Waals surface area contributed by atoms with Crippen molar-refractivity contribution in [3.05, 3.63) is 0 Å². The molecule has 0 spiro atoms. The first-order valence-electron chi connectivity index (χ1n) is 13.2. The SMILES string of the molecule is CC[C@@H]1CC[C@@H](C(=O)OC)N(C(=O)OC(C)(C)C)C1.COC(=O)[C@@H]1CC[C@H](C)CN1C(=O)OC(C)(C)C. The van der Waals surface area contributed by atoms with Gasteiger partial charge in [0, 0.05) is 13.1 Å². The predicted molar refractivity (Wildman–Crippen MR) is 139 cm³/mol. The third-order valence-electron chi connectivity index (χ3n) is 6.28. The van der Waals surface area contributed by atoms with Crippen molar-refractivity contribution in [3.8, 4) is 0 Å². The molecule has 2 fully saturated rings. The first kappa shape index (κ1) is 32.5. The molecule has 0 aromatic rings. The Labute approximate surface area is 222 Å².